The largest absolute Gasteiger partial charge is 0.493 e. The summed E-state index contributed by atoms with van der Waals surface area (Å²) in [7, 11) is 3.55. The molecule has 0 spiro atoms. The summed E-state index contributed by atoms with van der Waals surface area (Å²) < 4.78 is 11.5. The molecule has 27 heavy (non-hydrogen) atoms. The molecule has 1 aromatic rings. The van der Waals surface area contributed by atoms with Crippen molar-refractivity contribution in [1.29, 1.82) is 0 Å². The molecule has 2 heteroatoms. The first-order chi connectivity index (χ1) is 12.7. The molecule has 0 heterocycles. The maximum absolute atomic E-state index is 5.85. The Morgan fingerprint density at radius 3 is 2.33 bits per heavy atom. The molecule has 4 rings (SSSR count). The van der Waals surface area contributed by atoms with Gasteiger partial charge in [-0.05, 0) is 90.7 Å². The molecule has 3 aliphatic rings. The summed E-state index contributed by atoms with van der Waals surface area (Å²) in [4.78, 5) is 0. The predicted octanol–water partition coefficient (Wildman–Crippen LogP) is 6.46. The molecule has 0 aliphatic heterocycles. The Morgan fingerprint density at radius 2 is 1.67 bits per heavy atom. The summed E-state index contributed by atoms with van der Waals surface area (Å²) in [5, 5.41) is 0. The molecule has 0 saturated heterocycles. The zero-order valence-corrected chi connectivity index (χ0v) is 18.5. The lowest BCUT2D eigenvalue weighted by Gasteiger charge is -2.64. The zero-order chi connectivity index (χ0) is 19.6. The molecule has 0 bridgehead atoms. The molecule has 1 aromatic carbocycles. The number of hydrogen-bond donors (Lipinski definition) is 0. The average molecular weight is 371 g/mol. The van der Waals surface area contributed by atoms with Crippen LogP contribution in [0.2, 0.25) is 0 Å². The maximum atomic E-state index is 5.85. The summed E-state index contributed by atoms with van der Waals surface area (Å²) in [6, 6.07) is 2.21. The van der Waals surface area contributed by atoms with Gasteiger partial charge in [0.2, 0.25) is 0 Å². The number of rotatable bonds is 2. The SMILES string of the molecule is COc1cc(C)c2c(c1OC)CC[C@H]1C2(C)CCC2C(C)(C)CCC[C@@]21C. The quantitative estimate of drug-likeness (QED) is 0.595. The van der Waals surface area contributed by atoms with Gasteiger partial charge in [-0.15, -0.1) is 0 Å². The third-order valence-electron chi connectivity index (χ3n) is 9.01. The van der Waals surface area contributed by atoms with Crippen molar-refractivity contribution in [3.8, 4) is 11.5 Å². The van der Waals surface area contributed by atoms with Crippen molar-refractivity contribution >= 4 is 0 Å². The number of hydrogen-bond acceptors (Lipinski definition) is 2. The highest BCUT2D eigenvalue weighted by Gasteiger charge is 2.60. The van der Waals surface area contributed by atoms with Crippen LogP contribution in [0.5, 0.6) is 11.5 Å². The lowest BCUT2D eigenvalue weighted by molar-refractivity contribution is -0.110. The van der Waals surface area contributed by atoms with Gasteiger partial charge in [-0.2, -0.15) is 0 Å². The zero-order valence-electron chi connectivity index (χ0n) is 18.5. The third kappa shape index (κ3) is 2.51. The van der Waals surface area contributed by atoms with Crippen LogP contribution < -0.4 is 9.47 Å². The van der Waals surface area contributed by atoms with Gasteiger partial charge in [-0.1, -0.05) is 34.1 Å². The fraction of sp³-hybridized carbons (Fsp3) is 0.760. The number of benzene rings is 1. The first-order valence-corrected chi connectivity index (χ1v) is 10.9. The maximum Gasteiger partial charge on any atom is 0.164 e. The first-order valence-electron chi connectivity index (χ1n) is 10.9. The van der Waals surface area contributed by atoms with Crippen LogP contribution in [0.25, 0.3) is 0 Å². The molecule has 0 N–H and O–H groups in total. The van der Waals surface area contributed by atoms with Gasteiger partial charge < -0.3 is 9.47 Å². The van der Waals surface area contributed by atoms with Gasteiger partial charge in [-0.3, -0.25) is 0 Å². The second-order valence-corrected chi connectivity index (χ2v) is 10.7. The lowest BCUT2D eigenvalue weighted by atomic mass is 9.40. The fourth-order valence-electron chi connectivity index (χ4n) is 8.13. The van der Waals surface area contributed by atoms with Crippen molar-refractivity contribution in [1.82, 2.24) is 0 Å². The number of fused-ring (bicyclic) bond motifs is 5. The molecule has 2 saturated carbocycles. The van der Waals surface area contributed by atoms with Crippen molar-refractivity contribution < 1.29 is 9.47 Å². The minimum atomic E-state index is 0.260. The van der Waals surface area contributed by atoms with Gasteiger partial charge in [0.15, 0.2) is 11.5 Å². The molecule has 2 fully saturated rings. The molecule has 0 amide bonds. The van der Waals surface area contributed by atoms with Gasteiger partial charge in [0.1, 0.15) is 0 Å². The molecule has 4 atom stereocenters. The van der Waals surface area contributed by atoms with E-state index in [0.717, 1.165) is 29.8 Å². The van der Waals surface area contributed by atoms with E-state index in [4.69, 9.17) is 9.47 Å². The molecule has 3 aliphatic carbocycles. The number of ether oxygens (including phenoxy) is 2. The van der Waals surface area contributed by atoms with E-state index in [0.29, 0.717) is 10.8 Å². The van der Waals surface area contributed by atoms with Crippen LogP contribution in [0.4, 0.5) is 0 Å². The second kappa shape index (κ2) is 6.16. The van der Waals surface area contributed by atoms with E-state index in [9.17, 15) is 0 Å². The normalized spacial score (nSPS) is 37.0. The number of aryl methyl sites for hydroxylation is 1. The minimum absolute atomic E-state index is 0.260. The van der Waals surface area contributed by atoms with E-state index < -0.39 is 0 Å². The molecule has 2 nitrogen and oxygen atoms in total. The van der Waals surface area contributed by atoms with Crippen LogP contribution in [0, 0.1) is 29.6 Å². The van der Waals surface area contributed by atoms with Gasteiger partial charge >= 0.3 is 0 Å². The third-order valence-corrected chi connectivity index (χ3v) is 9.01. The number of methoxy groups -OCH3 is 2. The van der Waals surface area contributed by atoms with E-state index in [1.807, 2.05) is 0 Å². The Morgan fingerprint density at radius 1 is 0.926 bits per heavy atom. The smallest absolute Gasteiger partial charge is 0.164 e. The van der Waals surface area contributed by atoms with Crippen LogP contribution in [-0.4, -0.2) is 14.2 Å². The highest BCUT2D eigenvalue weighted by molar-refractivity contribution is 5.58. The van der Waals surface area contributed by atoms with Gasteiger partial charge in [0, 0.05) is 5.56 Å². The summed E-state index contributed by atoms with van der Waals surface area (Å²) in [6.45, 7) is 12.6. The van der Waals surface area contributed by atoms with Crippen molar-refractivity contribution in [2.45, 2.75) is 85.0 Å². The lowest BCUT2D eigenvalue weighted by Crippen LogP contribution is -2.57. The summed E-state index contributed by atoms with van der Waals surface area (Å²) >= 11 is 0. The Kier molecular flexibility index (Phi) is 4.37. The van der Waals surface area contributed by atoms with Crippen LogP contribution in [0.1, 0.15) is 82.9 Å². The van der Waals surface area contributed by atoms with Crippen molar-refractivity contribution in [3.63, 3.8) is 0 Å². The highest BCUT2D eigenvalue weighted by Crippen LogP contribution is 2.67. The van der Waals surface area contributed by atoms with Crippen molar-refractivity contribution in [3.05, 3.63) is 22.8 Å². The Bertz CT molecular complexity index is 749. The molecular formula is C25H38O2. The minimum Gasteiger partial charge on any atom is -0.493 e. The summed E-state index contributed by atoms with van der Waals surface area (Å²) in [6.07, 6.45) is 9.29. The first kappa shape index (κ1) is 19.2. The predicted molar refractivity (Wildman–Crippen MR) is 112 cm³/mol. The van der Waals surface area contributed by atoms with Crippen LogP contribution >= 0.6 is 0 Å². The summed E-state index contributed by atoms with van der Waals surface area (Å²) in [5.74, 6) is 3.51. The van der Waals surface area contributed by atoms with E-state index in [2.05, 4.69) is 40.7 Å². The van der Waals surface area contributed by atoms with Crippen LogP contribution in [0.3, 0.4) is 0 Å². The van der Waals surface area contributed by atoms with Crippen molar-refractivity contribution in [2.24, 2.45) is 22.7 Å². The second-order valence-electron chi connectivity index (χ2n) is 10.7. The van der Waals surface area contributed by atoms with Gasteiger partial charge in [0.05, 0.1) is 14.2 Å². The molecular weight excluding hydrogens is 332 g/mol. The Balaban J connectivity index is 1.86. The van der Waals surface area contributed by atoms with Gasteiger partial charge in [-0.25, -0.2) is 0 Å². The van der Waals surface area contributed by atoms with E-state index in [1.54, 1.807) is 19.8 Å². The molecule has 0 aromatic heterocycles. The Hall–Kier alpha value is -1.18. The highest BCUT2D eigenvalue weighted by atomic mass is 16.5. The van der Waals surface area contributed by atoms with E-state index >= 15 is 0 Å². The Labute approximate surface area is 166 Å². The monoisotopic (exact) mass is 370 g/mol. The van der Waals surface area contributed by atoms with Gasteiger partial charge in [0.25, 0.3) is 0 Å². The van der Waals surface area contributed by atoms with E-state index in [-0.39, 0.29) is 5.41 Å². The molecule has 0 radical (unpaired) electrons. The fourth-order valence-corrected chi connectivity index (χ4v) is 8.13. The summed E-state index contributed by atoms with van der Waals surface area (Å²) in [5.41, 5.74) is 5.61. The molecule has 150 valence electrons. The van der Waals surface area contributed by atoms with Crippen molar-refractivity contribution in [2.75, 3.05) is 14.2 Å². The van der Waals surface area contributed by atoms with Crippen LogP contribution in [0.15, 0.2) is 6.07 Å². The van der Waals surface area contributed by atoms with E-state index in [1.165, 1.54) is 49.7 Å². The molecule has 2 unspecified atom stereocenters. The average Bonchev–Trinajstić information content (AvgIpc) is 2.59. The van der Waals surface area contributed by atoms with Crippen LogP contribution in [-0.2, 0) is 11.8 Å². The topological polar surface area (TPSA) is 18.5 Å². The standard InChI is InChI=1S/C25H38O2/c1-16-15-18(26-6)22(27-7)17-9-10-20-24(4)13-8-12-23(2,3)19(24)11-14-25(20,5)21(16)17/h15,19-20H,8-14H2,1-7H3/t19?,20-,24+,25?/m1/s1.